The number of carbonyl (C=O) groups excluding carboxylic acids is 2. The van der Waals surface area contributed by atoms with Crippen LogP contribution in [0.25, 0.3) is 0 Å². The third-order valence-corrected chi connectivity index (χ3v) is 3.03. The van der Waals surface area contributed by atoms with Crippen molar-refractivity contribution in [3.8, 4) is 0 Å². The molecule has 1 rings (SSSR count). The van der Waals surface area contributed by atoms with Gasteiger partial charge in [0.05, 0.1) is 18.2 Å². The lowest BCUT2D eigenvalue weighted by atomic mass is 10.1. The van der Waals surface area contributed by atoms with Gasteiger partial charge < -0.3 is 15.2 Å². The monoisotopic (exact) mass is 293 g/mol. The molecule has 1 aromatic rings. The standard InChI is InChI=1S/C15H19NO5/c1-3-4-9-12(14(18)19)16-13(17)10-7-5-6-8-11(10)15(20)21-2/h5-8,12H,3-4,9H2,1-2H3,(H,16,17)(H,18,19). The summed E-state index contributed by atoms with van der Waals surface area (Å²) in [5.74, 6) is -2.33. The Bertz CT molecular complexity index is 527. The summed E-state index contributed by atoms with van der Waals surface area (Å²) >= 11 is 0. The molecule has 0 fully saturated rings. The highest BCUT2D eigenvalue weighted by atomic mass is 16.5. The molecule has 2 N–H and O–H groups in total. The zero-order chi connectivity index (χ0) is 15.8. The minimum absolute atomic E-state index is 0.104. The maximum atomic E-state index is 12.2. The van der Waals surface area contributed by atoms with Crippen LogP contribution in [0.15, 0.2) is 24.3 Å². The topological polar surface area (TPSA) is 92.7 Å². The van der Waals surface area contributed by atoms with E-state index in [1.54, 1.807) is 12.1 Å². The summed E-state index contributed by atoms with van der Waals surface area (Å²) in [5, 5.41) is 11.6. The van der Waals surface area contributed by atoms with Gasteiger partial charge in [-0.1, -0.05) is 31.9 Å². The third kappa shape index (κ3) is 4.59. The van der Waals surface area contributed by atoms with Crippen molar-refractivity contribution in [2.75, 3.05) is 7.11 Å². The van der Waals surface area contributed by atoms with Crippen LogP contribution in [0.1, 0.15) is 46.9 Å². The molecule has 1 amide bonds. The van der Waals surface area contributed by atoms with Gasteiger partial charge in [-0.15, -0.1) is 0 Å². The summed E-state index contributed by atoms with van der Waals surface area (Å²) < 4.78 is 4.61. The van der Waals surface area contributed by atoms with Gasteiger partial charge in [-0.2, -0.15) is 0 Å². The van der Waals surface area contributed by atoms with E-state index in [1.807, 2.05) is 6.92 Å². The van der Waals surface area contributed by atoms with Crippen LogP contribution < -0.4 is 5.32 Å². The molecule has 0 spiro atoms. The van der Waals surface area contributed by atoms with Gasteiger partial charge in [0.2, 0.25) is 0 Å². The number of benzene rings is 1. The number of aliphatic carboxylic acids is 1. The summed E-state index contributed by atoms with van der Waals surface area (Å²) in [6.45, 7) is 1.94. The highest BCUT2D eigenvalue weighted by Gasteiger charge is 2.23. The Morgan fingerprint density at radius 3 is 2.38 bits per heavy atom. The van der Waals surface area contributed by atoms with Crippen molar-refractivity contribution in [1.29, 1.82) is 0 Å². The zero-order valence-electron chi connectivity index (χ0n) is 12.1. The maximum Gasteiger partial charge on any atom is 0.338 e. The second-order valence-corrected chi connectivity index (χ2v) is 4.54. The van der Waals surface area contributed by atoms with Crippen molar-refractivity contribution in [1.82, 2.24) is 5.32 Å². The van der Waals surface area contributed by atoms with E-state index < -0.39 is 23.9 Å². The molecule has 0 aromatic heterocycles. The predicted octanol–water partition coefficient (Wildman–Crippen LogP) is 1.85. The number of amides is 1. The van der Waals surface area contributed by atoms with Crippen molar-refractivity contribution < 1.29 is 24.2 Å². The van der Waals surface area contributed by atoms with Crippen molar-refractivity contribution in [2.24, 2.45) is 0 Å². The van der Waals surface area contributed by atoms with Crippen LogP contribution in [-0.2, 0) is 9.53 Å². The summed E-state index contributed by atoms with van der Waals surface area (Å²) in [7, 11) is 1.22. The van der Waals surface area contributed by atoms with Crippen molar-refractivity contribution in [2.45, 2.75) is 32.2 Å². The van der Waals surface area contributed by atoms with E-state index in [9.17, 15) is 14.4 Å². The molecule has 0 bridgehead atoms. The smallest absolute Gasteiger partial charge is 0.338 e. The second kappa shape index (κ2) is 8.04. The zero-order valence-corrected chi connectivity index (χ0v) is 12.1. The number of hydrogen-bond donors (Lipinski definition) is 2. The quantitative estimate of drug-likeness (QED) is 0.748. The first kappa shape index (κ1) is 16.7. The van der Waals surface area contributed by atoms with Crippen LogP contribution in [0.2, 0.25) is 0 Å². The largest absolute Gasteiger partial charge is 0.480 e. The number of carboxylic acid groups (broad SMARTS) is 1. The number of methoxy groups -OCH3 is 1. The fraction of sp³-hybridized carbons (Fsp3) is 0.400. The molecular formula is C15H19NO5. The molecular weight excluding hydrogens is 274 g/mol. The summed E-state index contributed by atoms with van der Waals surface area (Å²) in [5.41, 5.74) is 0.212. The number of carbonyl (C=O) groups is 3. The Morgan fingerprint density at radius 1 is 1.24 bits per heavy atom. The number of hydrogen-bond acceptors (Lipinski definition) is 4. The first-order chi connectivity index (χ1) is 10.0. The normalized spacial score (nSPS) is 11.5. The average Bonchev–Trinajstić information content (AvgIpc) is 2.50. The van der Waals surface area contributed by atoms with E-state index in [0.717, 1.165) is 6.42 Å². The fourth-order valence-corrected chi connectivity index (χ4v) is 1.87. The summed E-state index contributed by atoms with van der Waals surface area (Å²) in [6, 6.07) is 5.16. The number of rotatable bonds is 7. The van der Waals surface area contributed by atoms with Crippen LogP contribution in [0, 0.1) is 0 Å². The van der Waals surface area contributed by atoms with Gasteiger partial charge in [0.25, 0.3) is 5.91 Å². The van der Waals surface area contributed by atoms with Gasteiger partial charge >= 0.3 is 11.9 Å². The Hall–Kier alpha value is -2.37. The molecule has 0 saturated heterocycles. The molecule has 0 aliphatic carbocycles. The Kier molecular flexibility index (Phi) is 6.39. The Morgan fingerprint density at radius 2 is 1.86 bits per heavy atom. The van der Waals surface area contributed by atoms with Gasteiger partial charge in [-0.3, -0.25) is 4.79 Å². The van der Waals surface area contributed by atoms with Crippen molar-refractivity contribution >= 4 is 17.8 Å². The van der Waals surface area contributed by atoms with E-state index in [0.29, 0.717) is 12.8 Å². The van der Waals surface area contributed by atoms with Crippen molar-refractivity contribution in [3.63, 3.8) is 0 Å². The molecule has 114 valence electrons. The SMILES string of the molecule is CCCCC(NC(=O)c1ccccc1C(=O)OC)C(=O)O. The molecule has 0 saturated carbocycles. The molecule has 1 atom stereocenters. The lowest BCUT2D eigenvalue weighted by Crippen LogP contribution is -2.41. The first-order valence-corrected chi connectivity index (χ1v) is 6.72. The van der Waals surface area contributed by atoms with Gasteiger partial charge in [-0.25, -0.2) is 9.59 Å². The van der Waals surface area contributed by atoms with Crippen molar-refractivity contribution in [3.05, 3.63) is 35.4 Å². The van der Waals surface area contributed by atoms with Gasteiger partial charge in [0, 0.05) is 0 Å². The number of ether oxygens (including phenoxy) is 1. The first-order valence-electron chi connectivity index (χ1n) is 6.72. The maximum absolute atomic E-state index is 12.2. The van der Waals surface area contributed by atoms with E-state index >= 15 is 0 Å². The van der Waals surface area contributed by atoms with E-state index in [1.165, 1.54) is 19.2 Å². The molecule has 0 radical (unpaired) electrons. The summed E-state index contributed by atoms with van der Waals surface area (Å²) in [4.78, 5) is 34.9. The molecule has 1 unspecified atom stereocenters. The van der Waals surface area contributed by atoms with Gasteiger partial charge in [-0.05, 0) is 18.6 Å². The van der Waals surface area contributed by atoms with Crippen LogP contribution in [0.5, 0.6) is 0 Å². The number of esters is 1. The minimum Gasteiger partial charge on any atom is -0.480 e. The second-order valence-electron chi connectivity index (χ2n) is 4.54. The van der Waals surface area contributed by atoms with E-state index in [4.69, 9.17) is 5.11 Å². The molecule has 0 aliphatic heterocycles. The van der Waals surface area contributed by atoms with Gasteiger partial charge in [0.15, 0.2) is 0 Å². The third-order valence-electron chi connectivity index (χ3n) is 3.03. The van der Waals surface area contributed by atoms with Gasteiger partial charge in [0.1, 0.15) is 6.04 Å². The highest BCUT2D eigenvalue weighted by Crippen LogP contribution is 2.11. The van der Waals surface area contributed by atoms with Crippen LogP contribution in [0.3, 0.4) is 0 Å². The summed E-state index contributed by atoms with van der Waals surface area (Å²) in [6.07, 6.45) is 1.87. The number of nitrogens with one attached hydrogen (secondary N) is 1. The lowest BCUT2D eigenvalue weighted by molar-refractivity contribution is -0.139. The minimum atomic E-state index is -1.09. The lowest BCUT2D eigenvalue weighted by Gasteiger charge is -2.15. The van der Waals surface area contributed by atoms with E-state index in [2.05, 4.69) is 10.1 Å². The van der Waals surface area contributed by atoms with Crippen LogP contribution in [0.4, 0.5) is 0 Å². The number of unbranched alkanes of at least 4 members (excludes halogenated alkanes) is 1. The molecule has 21 heavy (non-hydrogen) atoms. The predicted molar refractivity (Wildman–Crippen MR) is 76.2 cm³/mol. The number of carboxylic acids is 1. The average molecular weight is 293 g/mol. The Balaban J connectivity index is 2.92. The molecule has 6 heteroatoms. The highest BCUT2D eigenvalue weighted by molar-refractivity contribution is 6.06. The molecule has 6 nitrogen and oxygen atoms in total. The Labute approximate surface area is 123 Å². The molecule has 0 heterocycles. The van der Waals surface area contributed by atoms with E-state index in [-0.39, 0.29) is 11.1 Å². The van der Waals surface area contributed by atoms with Crippen LogP contribution in [-0.4, -0.2) is 36.1 Å². The molecule has 0 aliphatic rings. The fourth-order valence-electron chi connectivity index (χ4n) is 1.87. The molecule has 1 aromatic carbocycles. The van der Waals surface area contributed by atoms with Crippen LogP contribution >= 0.6 is 0 Å².